The molecule has 36 heavy (non-hydrogen) atoms. The van der Waals surface area contributed by atoms with Crippen molar-refractivity contribution in [2.24, 2.45) is 4.99 Å². The highest BCUT2D eigenvalue weighted by Crippen LogP contribution is 2.31. The lowest BCUT2D eigenvalue weighted by molar-refractivity contribution is -0.274. The quantitative estimate of drug-likeness (QED) is 0.309. The van der Waals surface area contributed by atoms with E-state index in [2.05, 4.69) is 32.3 Å². The SMILES string of the molecule is CC.FC(F)(F)Oc1ccc(-n2cnc(-c3ccc(NC4=NC(c5ccccc5)CS4)cc3)n2)cc1. The number of nitrogens with zero attached hydrogens (tertiary/aromatic N) is 4. The molecule has 1 aliphatic rings. The number of benzene rings is 3. The van der Waals surface area contributed by atoms with Crippen molar-refractivity contribution in [1.82, 2.24) is 14.8 Å². The van der Waals surface area contributed by atoms with Crippen molar-refractivity contribution in [3.05, 3.63) is 90.8 Å². The number of nitrogens with one attached hydrogen (secondary N) is 1. The molecule has 1 aromatic heterocycles. The molecule has 2 heterocycles. The Bertz CT molecular complexity index is 1290. The van der Waals surface area contributed by atoms with Crippen LogP contribution in [0.25, 0.3) is 17.1 Å². The van der Waals surface area contributed by atoms with Gasteiger partial charge in [0.2, 0.25) is 0 Å². The van der Waals surface area contributed by atoms with Gasteiger partial charge in [0.25, 0.3) is 0 Å². The fourth-order valence-electron chi connectivity index (χ4n) is 3.43. The number of ether oxygens (including phenoxy) is 1. The molecule has 0 saturated heterocycles. The summed E-state index contributed by atoms with van der Waals surface area (Å²) in [6, 6.07) is 23.4. The zero-order valence-electron chi connectivity index (χ0n) is 19.6. The first kappa shape index (κ1) is 25.3. The Balaban J connectivity index is 0.00000148. The van der Waals surface area contributed by atoms with Crippen LogP contribution in [0.15, 0.2) is 90.2 Å². The van der Waals surface area contributed by atoms with Gasteiger partial charge in [-0.25, -0.2) is 9.67 Å². The lowest BCUT2D eigenvalue weighted by Gasteiger charge is -2.09. The number of thioether (sulfide) groups is 1. The molecule has 1 aliphatic heterocycles. The molecule has 6 nitrogen and oxygen atoms in total. The van der Waals surface area contributed by atoms with Crippen LogP contribution in [0.1, 0.15) is 25.5 Å². The maximum Gasteiger partial charge on any atom is 0.573 e. The molecule has 5 rings (SSSR count). The van der Waals surface area contributed by atoms with E-state index in [0.717, 1.165) is 22.2 Å². The molecule has 0 spiro atoms. The number of hydrogen-bond donors (Lipinski definition) is 1. The minimum absolute atomic E-state index is 0.148. The van der Waals surface area contributed by atoms with Crippen molar-refractivity contribution in [3.63, 3.8) is 0 Å². The van der Waals surface area contributed by atoms with Crippen LogP contribution in [-0.4, -0.2) is 32.0 Å². The molecule has 3 aromatic carbocycles. The first-order chi connectivity index (χ1) is 17.4. The summed E-state index contributed by atoms with van der Waals surface area (Å²) in [6.07, 6.45) is -3.22. The molecule has 1 atom stereocenters. The molecule has 1 unspecified atom stereocenters. The summed E-state index contributed by atoms with van der Waals surface area (Å²) in [5, 5.41) is 8.65. The molecule has 0 amide bonds. The predicted octanol–water partition coefficient (Wildman–Crippen LogP) is 7.12. The van der Waals surface area contributed by atoms with E-state index in [9.17, 15) is 13.2 Å². The van der Waals surface area contributed by atoms with Crippen LogP contribution in [0.5, 0.6) is 5.75 Å². The van der Waals surface area contributed by atoms with E-state index in [1.165, 1.54) is 40.8 Å². The molecule has 4 aromatic rings. The fourth-order valence-corrected chi connectivity index (χ4v) is 4.41. The van der Waals surface area contributed by atoms with Crippen molar-refractivity contribution in [2.75, 3.05) is 11.1 Å². The van der Waals surface area contributed by atoms with Crippen LogP contribution in [0.4, 0.5) is 18.9 Å². The maximum atomic E-state index is 12.3. The summed E-state index contributed by atoms with van der Waals surface area (Å²) in [5.41, 5.74) is 3.48. The van der Waals surface area contributed by atoms with Crippen LogP contribution in [-0.2, 0) is 0 Å². The van der Waals surface area contributed by atoms with Gasteiger partial charge in [-0.3, -0.25) is 4.99 Å². The Morgan fingerprint density at radius 1 is 0.944 bits per heavy atom. The monoisotopic (exact) mass is 511 g/mol. The van der Waals surface area contributed by atoms with Gasteiger partial charge in [0, 0.05) is 17.0 Å². The summed E-state index contributed by atoms with van der Waals surface area (Å²) in [5.74, 6) is 1.11. The van der Waals surface area contributed by atoms with Crippen molar-refractivity contribution in [1.29, 1.82) is 0 Å². The van der Waals surface area contributed by atoms with E-state index in [0.29, 0.717) is 11.5 Å². The standard InChI is InChI=1S/C24H18F3N5OS.C2H6/c25-24(26,27)33-20-12-10-19(11-13-20)32-15-28-22(31-32)17-6-8-18(9-7-17)29-23-30-21(14-34-23)16-4-2-1-3-5-16;1-2/h1-13,15,21H,14H2,(H,29,30);1-2H3. The highest BCUT2D eigenvalue weighted by atomic mass is 32.2. The summed E-state index contributed by atoms with van der Waals surface area (Å²) in [7, 11) is 0. The van der Waals surface area contributed by atoms with E-state index >= 15 is 0 Å². The minimum Gasteiger partial charge on any atom is -0.406 e. The Morgan fingerprint density at radius 2 is 1.64 bits per heavy atom. The maximum absolute atomic E-state index is 12.3. The third-order valence-electron chi connectivity index (χ3n) is 5.06. The summed E-state index contributed by atoms with van der Waals surface area (Å²) >= 11 is 1.69. The van der Waals surface area contributed by atoms with Gasteiger partial charge >= 0.3 is 6.36 Å². The van der Waals surface area contributed by atoms with Gasteiger partial charge in [0.1, 0.15) is 12.1 Å². The molecule has 186 valence electrons. The molecule has 0 aliphatic carbocycles. The topological polar surface area (TPSA) is 64.3 Å². The number of halogens is 3. The largest absolute Gasteiger partial charge is 0.573 e. The molecule has 10 heteroatoms. The van der Waals surface area contributed by atoms with E-state index in [-0.39, 0.29) is 11.8 Å². The Kier molecular flexibility index (Phi) is 7.94. The smallest absolute Gasteiger partial charge is 0.406 e. The van der Waals surface area contributed by atoms with Crippen molar-refractivity contribution in [3.8, 4) is 22.8 Å². The Labute approximate surface area is 211 Å². The van der Waals surface area contributed by atoms with Gasteiger partial charge in [-0.05, 0) is 54.1 Å². The second kappa shape index (κ2) is 11.3. The van der Waals surface area contributed by atoms with E-state index in [4.69, 9.17) is 4.99 Å². The summed E-state index contributed by atoms with van der Waals surface area (Å²) < 4.78 is 42.4. The van der Waals surface area contributed by atoms with Gasteiger partial charge in [-0.2, -0.15) is 0 Å². The average Bonchev–Trinajstić information content (AvgIpc) is 3.56. The Morgan fingerprint density at radius 3 is 2.31 bits per heavy atom. The number of amidine groups is 1. The number of alkyl halides is 3. The van der Waals surface area contributed by atoms with Crippen LogP contribution in [0.2, 0.25) is 0 Å². The molecule has 0 bridgehead atoms. The third kappa shape index (κ3) is 6.45. The van der Waals surface area contributed by atoms with Gasteiger partial charge in [-0.1, -0.05) is 55.9 Å². The van der Waals surface area contributed by atoms with E-state index < -0.39 is 6.36 Å². The summed E-state index contributed by atoms with van der Waals surface area (Å²) in [6.45, 7) is 4.00. The average molecular weight is 512 g/mol. The van der Waals surface area contributed by atoms with Gasteiger partial charge in [0.05, 0.1) is 11.7 Å². The highest BCUT2D eigenvalue weighted by Gasteiger charge is 2.31. The van der Waals surface area contributed by atoms with Crippen LogP contribution < -0.4 is 10.1 Å². The number of aliphatic imine (C=N–C) groups is 1. The number of anilines is 1. The lowest BCUT2D eigenvalue weighted by atomic mass is 10.1. The fraction of sp³-hybridized carbons (Fsp3) is 0.192. The predicted molar refractivity (Wildman–Crippen MR) is 138 cm³/mol. The second-order valence-corrected chi connectivity index (χ2v) is 8.44. The van der Waals surface area contributed by atoms with Gasteiger partial charge in [0.15, 0.2) is 11.0 Å². The first-order valence-corrected chi connectivity index (χ1v) is 12.3. The molecular weight excluding hydrogens is 487 g/mol. The number of rotatable bonds is 5. The lowest BCUT2D eigenvalue weighted by Crippen LogP contribution is -2.17. The molecule has 0 saturated carbocycles. The number of hydrogen-bond acceptors (Lipinski definition) is 6. The molecular formula is C26H24F3N5OS. The van der Waals surface area contributed by atoms with Crippen molar-refractivity contribution < 1.29 is 17.9 Å². The number of aromatic nitrogens is 3. The van der Waals surface area contributed by atoms with E-state index in [1.54, 1.807) is 11.8 Å². The molecule has 0 fully saturated rings. The van der Waals surface area contributed by atoms with Crippen LogP contribution in [0.3, 0.4) is 0 Å². The normalized spacial score (nSPS) is 15.0. The zero-order chi connectivity index (χ0) is 25.5. The highest BCUT2D eigenvalue weighted by molar-refractivity contribution is 8.14. The second-order valence-electron chi connectivity index (χ2n) is 7.43. The van der Waals surface area contributed by atoms with Crippen LogP contribution in [0, 0.1) is 0 Å². The van der Waals surface area contributed by atoms with Crippen molar-refractivity contribution >= 4 is 22.6 Å². The van der Waals surface area contributed by atoms with E-state index in [1.807, 2.05) is 56.3 Å². The first-order valence-electron chi connectivity index (χ1n) is 11.3. The zero-order valence-corrected chi connectivity index (χ0v) is 20.4. The molecule has 0 radical (unpaired) electrons. The molecule has 1 N–H and O–H groups in total. The van der Waals surface area contributed by atoms with Crippen molar-refractivity contribution in [2.45, 2.75) is 26.3 Å². The van der Waals surface area contributed by atoms with Crippen LogP contribution >= 0.6 is 11.8 Å². The Hall–Kier alpha value is -3.79. The minimum atomic E-state index is -4.73. The third-order valence-corrected chi connectivity index (χ3v) is 6.02. The van der Waals surface area contributed by atoms with Gasteiger partial charge in [-0.15, -0.1) is 18.3 Å². The van der Waals surface area contributed by atoms with Gasteiger partial charge < -0.3 is 10.1 Å². The summed E-state index contributed by atoms with van der Waals surface area (Å²) in [4.78, 5) is 9.08.